The Labute approximate surface area is 132 Å². The van der Waals surface area contributed by atoms with Crippen LogP contribution >= 0.6 is 0 Å². The molecule has 0 aromatic heterocycles. The van der Waals surface area contributed by atoms with Gasteiger partial charge in [0.1, 0.15) is 5.82 Å². The minimum atomic E-state index is -1.78. The van der Waals surface area contributed by atoms with Gasteiger partial charge in [0, 0.05) is 5.69 Å². The number of amides is 2. The van der Waals surface area contributed by atoms with Crippen LogP contribution in [0.2, 0.25) is 0 Å². The molecule has 0 saturated carbocycles. The van der Waals surface area contributed by atoms with E-state index in [9.17, 15) is 29.0 Å². The van der Waals surface area contributed by atoms with Crippen molar-refractivity contribution in [2.24, 2.45) is 5.92 Å². The van der Waals surface area contributed by atoms with Gasteiger partial charge in [-0.25, -0.2) is 9.18 Å². The number of carbonyl (C=O) groups excluding carboxylic acids is 1. The van der Waals surface area contributed by atoms with Crippen molar-refractivity contribution in [2.45, 2.75) is 32.2 Å². The van der Waals surface area contributed by atoms with Crippen LogP contribution in [0.1, 0.15) is 26.7 Å². The van der Waals surface area contributed by atoms with E-state index in [-0.39, 0.29) is 12.8 Å². The largest absolute Gasteiger partial charge is 0.481 e. The molecule has 7 nitrogen and oxygen atoms in total. The van der Waals surface area contributed by atoms with Gasteiger partial charge in [0.05, 0.1) is 5.54 Å². The van der Waals surface area contributed by atoms with Crippen LogP contribution in [-0.4, -0.2) is 33.7 Å². The van der Waals surface area contributed by atoms with E-state index in [0.717, 1.165) is 12.1 Å². The van der Waals surface area contributed by atoms with Crippen molar-refractivity contribution in [3.8, 4) is 0 Å². The Morgan fingerprint density at radius 2 is 1.57 bits per heavy atom. The van der Waals surface area contributed by atoms with Crippen LogP contribution in [0.25, 0.3) is 0 Å². The molecule has 0 spiro atoms. The number of benzene rings is 1. The fourth-order valence-corrected chi connectivity index (χ4v) is 2.41. The molecule has 0 atom stereocenters. The lowest BCUT2D eigenvalue weighted by Crippen LogP contribution is -2.58. The zero-order valence-electron chi connectivity index (χ0n) is 12.8. The molecular formula is C15H19FN2O5. The van der Waals surface area contributed by atoms with Crippen LogP contribution in [0.3, 0.4) is 0 Å². The lowest BCUT2D eigenvalue weighted by Gasteiger charge is -2.35. The lowest BCUT2D eigenvalue weighted by atomic mass is 9.79. The number of hydrogen-bond acceptors (Lipinski definition) is 3. The van der Waals surface area contributed by atoms with E-state index in [0.29, 0.717) is 5.69 Å². The number of carboxylic acid groups (broad SMARTS) is 2. The van der Waals surface area contributed by atoms with Crippen molar-refractivity contribution in [3.05, 3.63) is 30.1 Å². The number of anilines is 1. The number of aliphatic carboxylic acids is 2. The smallest absolute Gasteiger partial charge is 0.320 e. The van der Waals surface area contributed by atoms with E-state index >= 15 is 0 Å². The molecule has 0 aliphatic heterocycles. The van der Waals surface area contributed by atoms with Crippen LogP contribution in [0.15, 0.2) is 24.3 Å². The first-order chi connectivity index (χ1) is 10.8. The van der Waals surface area contributed by atoms with E-state index < -0.39 is 35.2 Å². The maximum atomic E-state index is 12.8. The molecule has 0 aliphatic rings. The van der Waals surface area contributed by atoms with Crippen molar-refractivity contribution in [2.75, 3.05) is 5.32 Å². The molecule has 1 rings (SSSR count). The number of hydrogen-bond donors (Lipinski definition) is 4. The zero-order valence-corrected chi connectivity index (χ0v) is 12.8. The molecule has 1 aromatic rings. The second kappa shape index (κ2) is 7.57. The summed E-state index contributed by atoms with van der Waals surface area (Å²) in [4.78, 5) is 34.7. The molecule has 0 saturated heterocycles. The summed E-state index contributed by atoms with van der Waals surface area (Å²) < 4.78 is 12.8. The fraction of sp³-hybridized carbons (Fsp3) is 0.400. The van der Waals surface area contributed by atoms with E-state index in [4.69, 9.17) is 0 Å². The highest BCUT2D eigenvalue weighted by molar-refractivity contribution is 5.96. The summed E-state index contributed by atoms with van der Waals surface area (Å²) in [7, 11) is 0. The topological polar surface area (TPSA) is 116 Å². The molecular weight excluding hydrogens is 307 g/mol. The van der Waals surface area contributed by atoms with Gasteiger partial charge < -0.3 is 20.8 Å². The third-order valence-electron chi connectivity index (χ3n) is 3.77. The summed E-state index contributed by atoms with van der Waals surface area (Å²) in [6.45, 7) is 3.20. The standard InChI is InChI=1S/C15H19FN2O5/c1-3-15(4-2,11(12(19)20)13(21)22)18-14(23)17-10-7-5-9(16)6-8-10/h5-8,11H,3-4H2,1-2H3,(H,19,20)(H,21,22)(H2,17,18,23). The maximum Gasteiger partial charge on any atom is 0.320 e. The van der Waals surface area contributed by atoms with Gasteiger partial charge in [-0.3, -0.25) is 9.59 Å². The Morgan fingerprint density at radius 3 is 1.96 bits per heavy atom. The van der Waals surface area contributed by atoms with Crippen molar-refractivity contribution >= 4 is 23.7 Å². The first-order valence-electron chi connectivity index (χ1n) is 7.06. The van der Waals surface area contributed by atoms with Crippen molar-refractivity contribution < 1.29 is 29.0 Å². The summed E-state index contributed by atoms with van der Waals surface area (Å²) in [5.74, 6) is -5.30. The van der Waals surface area contributed by atoms with Gasteiger partial charge in [-0.1, -0.05) is 13.8 Å². The van der Waals surface area contributed by atoms with Crippen molar-refractivity contribution in [3.63, 3.8) is 0 Å². The Kier molecular flexibility index (Phi) is 6.06. The number of urea groups is 1. The predicted octanol–water partition coefficient (Wildman–Crippen LogP) is 2.29. The molecule has 0 unspecified atom stereocenters. The Balaban J connectivity index is 2.97. The van der Waals surface area contributed by atoms with Crippen LogP contribution in [0.4, 0.5) is 14.9 Å². The molecule has 0 bridgehead atoms. The number of carboxylic acids is 2. The van der Waals surface area contributed by atoms with E-state index in [2.05, 4.69) is 10.6 Å². The van der Waals surface area contributed by atoms with E-state index in [1.165, 1.54) is 12.1 Å². The molecule has 126 valence electrons. The molecule has 0 radical (unpaired) electrons. The molecule has 1 aromatic carbocycles. The Morgan fingerprint density at radius 1 is 1.09 bits per heavy atom. The van der Waals surface area contributed by atoms with E-state index in [1.54, 1.807) is 13.8 Å². The van der Waals surface area contributed by atoms with Gasteiger partial charge in [-0.05, 0) is 37.1 Å². The number of carbonyl (C=O) groups is 3. The second-order valence-corrected chi connectivity index (χ2v) is 5.06. The first-order valence-corrected chi connectivity index (χ1v) is 7.06. The summed E-state index contributed by atoms with van der Waals surface area (Å²) in [5.41, 5.74) is -1.14. The van der Waals surface area contributed by atoms with Gasteiger partial charge in [0.25, 0.3) is 0 Å². The number of halogens is 1. The average Bonchev–Trinajstić information content (AvgIpc) is 2.48. The highest BCUT2D eigenvalue weighted by Gasteiger charge is 2.46. The van der Waals surface area contributed by atoms with Gasteiger partial charge in [-0.2, -0.15) is 0 Å². The number of rotatable bonds is 7. The minimum Gasteiger partial charge on any atom is -0.481 e. The molecule has 0 fully saturated rings. The minimum absolute atomic E-state index is 0.115. The summed E-state index contributed by atoms with van der Waals surface area (Å²) in [6.07, 6.45) is 0.229. The van der Waals surface area contributed by atoms with Crippen LogP contribution in [0.5, 0.6) is 0 Å². The van der Waals surface area contributed by atoms with Gasteiger partial charge in [-0.15, -0.1) is 0 Å². The highest BCUT2D eigenvalue weighted by Crippen LogP contribution is 2.27. The Hall–Kier alpha value is -2.64. The van der Waals surface area contributed by atoms with Crippen molar-refractivity contribution in [1.29, 1.82) is 0 Å². The number of nitrogens with one attached hydrogen (secondary N) is 2. The normalized spacial score (nSPS) is 11.1. The molecule has 0 aliphatic carbocycles. The summed E-state index contributed by atoms with van der Waals surface area (Å²) >= 11 is 0. The maximum absolute atomic E-state index is 12.8. The van der Waals surface area contributed by atoms with Gasteiger partial charge in [0.15, 0.2) is 5.92 Å². The Bertz CT molecular complexity index is 570. The second-order valence-electron chi connectivity index (χ2n) is 5.06. The van der Waals surface area contributed by atoms with E-state index in [1.807, 2.05) is 0 Å². The molecule has 0 heterocycles. The molecule has 23 heavy (non-hydrogen) atoms. The fourth-order valence-electron chi connectivity index (χ4n) is 2.41. The average molecular weight is 326 g/mol. The third kappa shape index (κ3) is 4.41. The SMILES string of the molecule is CCC(CC)(NC(=O)Nc1ccc(F)cc1)C(C(=O)O)C(=O)O. The summed E-state index contributed by atoms with van der Waals surface area (Å²) in [6, 6.07) is 4.22. The molecule has 8 heteroatoms. The van der Waals surface area contributed by atoms with Crippen molar-refractivity contribution in [1.82, 2.24) is 5.32 Å². The van der Waals surface area contributed by atoms with Crippen LogP contribution in [-0.2, 0) is 9.59 Å². The zero-order chi connectivity index (χ0) is 17.6. The van der Waals surface area contributed by atoms with Crippen LogP contribution in [0, 0.1) is 11.7 Å². The monoisotopic (exact) mass is 326 g/mol. The van der Waals surface area contributed by atoms with Gasteiger partial charge in [0.2, 0.25) is 0 Å². The lowest BCUT2D eigenvalue weighted by molar-refractivity contribution is -0.158. The molecule has 2 amide bonds. The molecule has 4 N–H and O–H groups in total. The first kappa shape index (κ1) is 18.4. The highest BCUT2D eigenvalue weighted by atomic mass is 19.1. The van der Waals surface area contributed by atoms with Crippen LogP contribution < -0.4 is 10.6 Å². The quantitative estimate of drug-likeness (QED) is 0.574. The predicted molar refractivity (Wildman–Crippen MR) is 80.6 cm³/mol. The third-order valence-corrected chi connectivity index (χ3v) is 3.77. The van der Waals surface area contributed by atoms with Gasteiger partial charge >= 0.3 is 18.0 Å². The summed E-state index contributed by atoms with van der Waals surface area (Å²) in [5, 5.41) is 23.2.